The Labute approximate surface area is 191 Å². The number of benzene rings is 1. The van der Waals surface area contributed by atoms with Gasteiger partial charge in [0.15, 0.2) is 22.9 Å². The van der Waals surface area contributed by atoms with Gasteiger partial charge in [-0.15, -0.1) is 0 Å². The second kappa shape index (κ2) is 8.78. The maximum absolute atomic E-state index is 13.0. The van der Waals surface area contributed by atoms with Gasteiger partial charge in [0.05, 0.1) is 24.1 Å². The van der Waals surface area contributed by atoms with E-state index in [0.29, 0.717) is 16.9 Å². The molecule has 0 spiro atoms. The number of hydrogen-bond acceptors (Lipinski definition) is 8. The van der Waals surface area contributed by atoms with E-state index in [4.69, 9.17) is 15.0 Å². The third-order valence-corrected chi connectivity index (χ3v) is 5.31. The van der Waals surface area contributed by atoms with Crippen molar-refractivity contribution in [2.45, 2.75) is 43.5 Å². The lowest BCUT2D eigenvalue weighted by Crippen LogP contribution is -2.33. The predicted octanol–water partition coefficient (Wildman–Crippen LogP) is 0.990. The Balaban J connectivity index is 1.61. The van der Waals surface area contributed by atoms with E-state index < -0.39 is 72.3 Å². The topological polar surface area (TPSA) is 139 Å². The van der Waals surface area contributed by atoms with Gasteiger partial charge in [-0.2, -0.15) is 31.1 Å². The molecule has 1 aliphatic rings. The van der Waals surface area contributed by atoms with E-state index in [0.717, 1.165) is 12.7 Å². The molecule has 0 unspecified atom stereocenters. The summed E-state index contributed by atoms with van der Waals surface area (Å²) in [6, 6.07) is 0.994. The van der Waals surface area contributed by atoms with Crippen molar-refractivity contribution in [3.63, 3.8) is 0 Å². The van der Waals surface area contributed by atoms with Crippen molar-refractivity contribution in [3.8, 4) is 0 Å². The summed E-state index contributed by atoms with van der Waals surface area (Å²) in [6.07, 6.45) is -13.1. The Morgan fingerprint density at radius 1 is 0.971 bits per heavy atom. The lowest BCUT2D eigenvalue weighted by Gasteiger charge is -2.17. The summed E-state index contributed by atoms with van der Waals surface area (Å²) in [5.74, 6) is 0. The molecule has 0 aliphatic carbocycles. The summed E-state index contributed by atoms with van der Waals surface area (Å²) in [5.41, 5.74) is -4.02. The zero-order valence-corrected chi connectivity index (χ0v) is 17.3. The minimum Gasteiger partial charge on any atom is -0.406 e. The average molecular weight is 509 g/mol. The molecule has 4 rings (SSSR count). The normalized spacial score (nSPS) is 23.2. The van der Waals surface area contributed by atoms with Crippen LogP contribution in [0.4, 0.5) is 26.3 Å². The summed E-state index contributed by atoms with van der Waals surface area (Å²) in [4.78, 5) is 13.2. The number of nitrogens with one attached hydrogen (secondary N) is 1. The minimum atomic E-state index is -5.02. The monoisotopic (exact) mass is 509 g/mol. The van der Waals surface area contributed by atoms with E-state index in [1.165, 1.54) is 4.57 Å². The number of halogens is 6. The number of ether oxygens (including phenoxy) is 1. The fourth-order valence-electron chi connectivity index (χ4n) is 3.56. The van der Waals surface area contributed by atoms with Crippen molar-refractivity contribution in [2.24, 2.45) is 0 Å². The molecule has 4 N–H and O–H groups in total. The molecule has 3 heterocycles. The van der Waals surface area contributed by atoms with Crippen LogP contribution in [-0.2, 0) is 23.7 Å². The SMILES string of the molecule is N=c1c2ncn([C@@H]3O[C@H](CO)[C@@H](O)[C@H]3O)c2ncn1OCc1cc(C(F)(F)F)cc(C(F)(F)F)c1. The second-order valence-corrected chi connectivity index (χ2v) is 7.66. The molecule has 1 saturated heterocycles. The molecule has 1 aliphatic heterocycles. The maximum atomic E-state index is 13.0. The van der Waals surface area contributed by atoms with Gasteiger partial charge in [-0.3, -0.25) is 9.98 Å². The molecule has 190 valence electrons. The van der Waals surface area contributed by atoms with E-state index in [1.54, 1.807) is 0 Å². The van der Waals surface area contributed by atoms with Crippen molar-refractivity contribution in [2.75, 3.05) is 6.61 Å². The van der Waals surface area contributed by atoms with Crippen molar-refractivity contribution in [3.05, 3.63) is 53.0 Å². The molecule has 16 heteroatoms. The van der Waals surface area contributed by atoms with Gasteiger partial charge in [-0.25, -0.2) is 9.97 Å². The fraction of sp³-hybridized carbons (Fsp3) is 0.421. The molecule has 3 aromatic rings. The number of hydrogen-bond donors (Lipinski definition) is 4. The standard InChI is InChI=1S/C19H17F6N5O5/c20-18(21,22)9-1-8(2-10(3-9)19(23,24)25)5-34-30-7-28-16-12(15(30)26)27-6-29(16)17-14(33)13(32)11(4-31)35-17/h1-3,6-7,11,13-14,17,26,31-33H,4-5H2/t11-,13-,14-,17-/m1/s1. The average Bonchev–Trinajstić information content (AvgIpc) is 3.33. The summed E-state index contributed by atoms with van der Waals surface area (Å²) < 4.78 is 85.6. The number of nitrogens with zero attached hydrogens (tertiary/aromatic N) is 4. The highest BCUT2D eigenvalue weighted by atomic mass is 19.4. The van der Waals surface area contributed by atoms with Crippen molar-refractivity contribution < 1.29 is 51.2 Å². The van der Waals surface area contributed by atoms with E-state index >= 15 is 0 Å². The highest BCUT2D eigenvalue weighted by Crippen LogP contribution is 2.36. The van der Waals surface area contributed by atoms with Crippen LogP contribution in [0.25, 0.3) is 11.2 Å². The van der Waals surface area contributed by atoms with Crippen LogP contribution in [0.15, 0.2) is 30.9 Å². The summed E-state index contributed by atoms with van der Waals surface area (Å²) in [6.45, 7) is -1.33. The molecule has 35 heavy (non-hydrogen) atoms. The van der Waals surface area contributed by atoms with Crippen LogP contribution in [0.1, 0.15) is 22.9 Å². The van der Waals surface area contributed by atoms with Crippen molar-refractivity contribution >= 4 is 11.2 Å². The lowest BCUT2D eigenvalue weighted by atomic mass is 10.1. The zero-order chi connectivity index (χ0) is 25.7. The number of fused-ring (bicyclic) bond motifs is 1. The van der Waals surface area contributed by atoms with Crippen LogP contribution >= 0.6 is 0 Å². The van der Waals surface area contributed by atoms with E-state index in [-0.39, 0.29) is 17.2 Å². The van der Waals surface area contributed by atoms with Gasteiger partial charge in [0.2, 0.25) is 0 Å². The van der Waals surface area contributed by atoms with Crippen LogP contribution in [0.3, 0.4) is 0 Å². The largest absolute Gasteiger partial charge is 0.416 e. The van der Waals surface area contributed by atoms with Gasteiger partial charge in [0.25, 0.3) is 0 Å². The molecule has 1 aromatic carbocycles. The van der Waals surface area contributed by atoms with Gasteiger partial charge in [0, 0.05) is 0 Å². The molecular weight excluding hydrogens is 492 g/mol. The maximum Gasteiger partial charge on any atom is 0.416 e. The molecule has 2 aromatic heterocycles. The third-order valence-electron chi connectivity index (χ3n) is 5.31. The molecule has 0 amide bonds. The summed E-state index contributed by atoms with van der Waals surface area (Å²) in [7, 11) is 0. The molecule has 1 fully saturated rings. The van der Waals surface area contributed by atoms with Crippen LogP contribution in [0.5, 0.6) is 0 Å². The predicted molar refractivity (Wildman–Crippen MR) is 101 cm³/mol. The summed E-state index contributed by atoms with van der Waals surface area (Å²) in [5, 5.41) is 37.5. The number of aliphatic hydroxyl groups excluding tert-OH is 3. The summed E-state index contributed by atoms with van der Waals surface area (Å²) >= 11 is 0. The van der Waals surface area contributed by atoms with Gasteiger partial charge in [-0.1, -0.05) is 0 Å². The molecule has 0 saturated carbocycles. The van der Waals surface area contributed by atoms with Gasteiger partial charge < -0.3 is 24.9 Å². The Hall–Kier alpha value is -3.21. The first-order valence-corrected chi connectivity index (χ1v) is 9.84. The number of aromatic nitrogens is 4. The molecule has 0 radical (unpaired) electrons. The number of rotatable bonds is 5. The highest BCUT2D eigenvalue weighted by Gasteiger charge is 2.44. The zero-order valence-electron chi connectivity index (χ0n) is 17.3. The quantitative estimate of drug-likeness (QED) is 0.377. The first-order chi connectivity index (χ1) is 16.3. The smallest absolute Gasteiger partial charge is 0.406 e. The third kappa shape index (κ3) is 4.69. The van der Waals surface area contributed by atoms with Gasteiger partial charge >= 0.3 is 12.4 Å². The Morgan fingerprint density at radius 2 is 1.60 bits per heavy atom. The second-order valence-electron chi connectivity index (χ2n) is 7.66. The van der Waals surface area contributed by atoms with Crippen molar-refractivity contribution in [1.29, 1.82) is 5.41 Å². The first kappa shape index (κ1) is 24.9. The van der Waals surface area contributed by atoms with E-state index in [2.05, 4.69) is 9.97 Å². The number of alkyl halides is 6. The Bertz CT molecular complexity index is 1260. The lowest BCUT2D eigenvalue weighted by molar-refractivity contribution is -0.143. The van der Waals surface area contributed by atoms with E-state index in [9.17, 15) is 41.7 Å². The van der Waals surface area contributed by atoms with Crippen LogP contribution in [0, 0.1) is 5.41 Å². The van der Waals surface area contributed by atoms with Crippen LogP contribution in [0.2, 0.25) is 0 Å². The van der Waals surface area contributed by atoms with Crippen LogP contribution in [-0.4, -0.2) is 59.5 Å². The van der Waals surface area contributed by atoms with Crippen LogP contribution < -0.4 is 10.3 Å². The number of aliphatic hydroxyl groups is 3. The van der Waals surface area contributed by atoms with Gasteiger partial charge in [-0.05, 0) is 23.8 Å². The Morgan fingerprint density at radius 3 is 2.14 bits per heavy atom. The molecule has 4 atom stereocenters. The minimum absolute atomic E-state index is 0.00289. The van der Waals surface area contributed by atoms with E-state index in [1.807, 2.05) is 0 Å². The molecule has 0 bridgehead atoms. The molecular formula is C19H17F6N5O5. The first-order valence-electron chi connectivity index (χ1n) is 9.84. The fourth-order valence-corrected chi connectivity index (χ4v) is 3.56. The number of imidazole rings is 1. The Kier molecular flexibility index (Phi) is 6.25. The van der Waals surface area contributed by atoms with Crippen molar-refractivity contribution in [1.82, 2.24) is 19.3 Å². The molecule has 10 nitrogen and oxygen atoms in total. The highest BCUT2D eigenvalue weighted by molar-refractivity contribution is 5.68. The van der Waals surface area contributed by atoms with Gasteiger partial charge in [0.1, 0.15) is 31.2 Å².